The van der Waals surface area contributed by atoms with Crippen molar-refractivity contribution in [2.75, 3.05) is 31.6 Å². The number of halogens is 2. The smallest absolute Gasteiger partial charge is 0.260 e. The van der Waals surface area contributed by atoms with E-state index in [1.165, 1.54) is 6.20 Å². The van der Waals surface area contributed by atoms with E-state index in [1.807, 2.05) is 11.0 Å². The minimum Gasteiger partial charge on any atom is -0.482 e. The summed E-state index contributed by atoms with van der Waals surface area (Å²) in [6.45, 7) is 1.04. The molecule has 0 radical (unpaired) electrons. The topological polar surface area (TPSA) is 82.3 Å². The van der Waals surface area contributed by atoms with Crippen molar-refractivity contribution in [2.45, 2.75) is 6.04 Å². The van der Waals surface area contributed by atoms with Crippen molar-refractivity contribution in [1.82, 2.24) is 14.9 Å². The van der Waals surface area contributed by atoms with Crippen molar-refractivity contribution in [3.63, 3.8) is 0 Å². The zero-order valence-corrected chi connectivity index (χ0v) is 15.4. The second-order valence-electron chi connectivity index (χ2n) is 5.77. The number of likely N-dealkylation sites (N-methyl/N-ethyl adjacent to an activating group) is 1. The molecule has 0 bridgehead atoms. The SMILES string of the molecule is CN(C(=O)COc1ccc(Cl)cc1Cl)C1CN(c2nccnc2C#N)C1. The fourth-order valence-corrected chi connectivity index (χ4v) is 3.01. The van der Waals surface area contributed by atoms with Crippen LogP contribution in [0.2, 0.25) is 10.0 Å². The fraction of sp³-hybridized carbons (Fsp3) is 0.294. The van der Waals surface area contributed by atoms with Gasteiger partial charge in [-0.15, -0.1) is 0 Å². The Bertz CT molecular complexity index is 864. The number of carbonyl (C=O) groups excluding carboxylic acids is 1. The Morgan fingerprint density at radius 1 is 1.38 bits per heavy atom. The number of amides is 1. The molecule has 1 aromatic carbocycles. The van der Waals surface area contributed by atoms with Crippen LogP contribution in [0.15, 0.2) is 30.6 Å². The van der Waals surface area contributed by atoms with Gasteiger partial charge in [0.15, 0.2) is 18.1 Å². The van der Waals surface area contributed by atoms with Crippen LogP contribution < -0.4 is 9.64 Å². The van der Waals surface area contributed by atoms with E-state index < -0.39 is 0 Å². The Labute approximate surface area is 160 Å². The molecule has 7 nitrogen and oxygen atoms in total. The molecule has 26 heavy (non-hydrogen) atoms. The first-order chi connectivity index (χ1) is 12.5. The third kappa shape index (κ3) is 3.82. The molecule has 0 atom stereocenters. The Hall–Kier alpha value is -2.56. The maximum atomic E-state index is 12.3. The van der Waals surface area contributed by atoms with Crippen molar-refractivity contribution in [2.24, 2.45) is 0 Å². The predicted molar refractivity (Wildman–Crippen MR) is 97.5 cm³/mol. The lowest BCUT2D eigenvalue weighted by Crippen LogP contribution is -2.60. The van der Waals surface area contributed by atoms with E-state index in [1.54, 1.807) is 36.3 Å². The van der Waals surface area contributed by atoms with Gasteiger partial charge in [-0.3, -0.25) is 4.79 Å². The number of rotatable bonds is 5. The van der Waals surface area contributed by atoms with Crippen molar-refractivity contribution in [3.8, 4) is 11.8 Å². The number of hydrogen-bond donors (Lipinski definition) is 0. The normalized spacial score (nSPS) is 13.7. The van der Waals surface area contributed by atoms with Gasteiger partial charge in [0.1, 0.15) is 11.8 Å². The van der Waals surface area contributed by atoms with Crippen molar-refractivity contribution >= 4 is 34.9 Å². The van der Waals surface area contributed by atoms with Gasteiger partial charge >= 0.3 is 0 Å². The summed E-state index contributed by atoms with van der Waals surface area (Å²) < 4.78 is 5.48. The van der Waals surface area contributed by atoms with Crippen LogP contribution in [0.1, 0.15) is 5.69 Å². The summed E-state index contributed by atoms with van der Waals surface area (Å²) in [5.74, 6) is 0.780. The first kappa shape index (κ1) is 18.2. The maximum absolute atomic E-state index is 12.3. The molecule has 0 N–H and O–H groups in total. The number of aromatic nitrogens is 2. The molecular formula is C17H15Cl2N5O2. The van der Waals surface area contributed by atoms with E-state index in [0.717, 1.165) is 0 Å². The Balaban J connectivity index is 1.53. The van der Waals surface area contributed by atoms with Gasteiger partial charge in [0.05, 0.1) is 11.1 Å². The number of anilines is 1. The number of nitrogens with zero attached hydrogens (tertiary/aromatic N) is 5. The van der Waals surface area contributed by atoms with Crippen LogP contribution in [-0.2, 0) is 4.79 Å². The van der Waals surface area contributed by atoms with Gasteiger partial charge < -0.3 is 14.5 Å². The average molecular weight is 392 g/mol. The van der Waals surface area contributed by atoms with E-state index in [2.05, 4.69) is 9.97 Å². The molecule has 1 aliphatic rings. The lowest BCUT2D eigenvalue weighted by Gasteiger charge is -2.44. The van der Waals surface area contributed by atoms with Crippen LogP contribution >= 0.6 is 23.2 Å². The van der Waals surface area contributed by atoms with E-state index in [9.17, 15) is 4.79 Å². The van der Waals surface area contributed by atoms with Crippen LogP contribution in [-0.4, -0.2) is 53.6 Å². The number of benzene rings is 1. The van der Waals surface area contributed by atoms with Gasteiger partial charge in [0.2, 0.25) is 0 Å². The van der Waals surface area contributed by atoms with Gasteiger partial charge in [0, 0.05) is 37.6 Å². The highest BCUT2D eigenvalue weighted by atomic mass is 35.5. The number of nitriles is 1. The minimum atomic E-state index is -0.166. The highest BCUT2D eigenvalue weighted by Crippen LogP contribution is 2.28. The molecule has 2 heterocycles. The molecule has 1 fully saturated rings. The quantitative estimate of drug-likeness (QED) is 0.777. The summed E-state index contributed by atoms with van der Waals surface area (Å²) >= 11 is 11.9. The highest BCUT2D eigenvalue weighted by Gasteiger charge is 2.34. The fourth-order valence-electron chi connectivity index (χ4n) is 2.55. The standard InChI is InChI=1S/C17H15Cl2N5O2/c1-23(16(25)10-26-15-3-2-11(18)6-13(15)19)12-8-24(9-12)17-14(7-20)21-4-5-22-17/h2-6,12H,8-10H2,1H3. The summed E-state index contributed by atoms with van der Waals surface area (Å²) in [6, 6.07) is 6.87. The van der Waals surface area contributed by atoms with Gasteiger partial charge in [0.25, 0.3) is 5.91 Å². The van der Waals surface area contributed by atoms with Crippen LogP contribution in [0, 0.1) is 11.3 Å². The monoisotopic (exact) mass is 391 g/mol. The second-order valence-corrected chi connectivity index (χ2v) is 6.61. The van der Waals surface area contributed by atoms with E-state index >= 15 is 0 Å². The lowest BCUT2D eigenvalue weighted by molar-refractivity contribution is -0.134. The molecule has 134 valence electrons. The largest absolute Gasteiger partial charge is 0.482 e. The molecule has 0 unspecified atom stereocenters. The lowest BCUT2D eigenvalue weighted by atomic mass is 10.1. The Morgan fingerprint density at radius 3 is 2.81 bits per heavy atom. The molecule has 1 saturated heterocycles. The van der Waals surface area contributed by atoms with Gasteiger partial charge in [-0.1, -0.05) is 23.2 Å². The third-order valence-corrected chi connectivity index (χ3v) is 4.66. The summed E-state index contributed by atoms with van der Waals surface area (Å²) in [5, 5.41) is 9.95. The van der Waals surface area contributed by atoms with Gasteiger partial charge in [-0.25, -0.2) is 9.97 Å². The van der Waals surface area contributed by atoms with Gasteiger partial charge in [-0.05, 0) is 18.2 Å². The van der Waals surface area contributed by atoms with Crippen LogP contribution in [0.4, 0.5) is 5.82 Å². The number of carbonyl (C=O) groups is 1. The van der Waals surface area contributed by atoms with E-state index in [4.69, 9.17) is 33.2 Å². The Kier molecular flexibility index (Phi) is 5.45. The first-order valence-corrected chi connectivity index (χ1v) is 8.54. The maximum Gasteiger partial charge on any atom is 0.260 e. The second kappa shape index (κ2) is 7.77. The summed E-state index contributed by atoms with van der Waals surface area (Å²) in [6.07, 6.45) is 3.02. The first-order valence-electron chi connectivity index (χ1n) is 7.79. The van der Waals surface area contributed by atoms with Crippen LogP contribution in [0.5, 0.6) is 5.75 Å². The highest BCUT2D eigenvalue weighted by molar-refractivity contribution is 6.35. The van der Waals surface area contributed by atoms with Crippen LogP contribution in [0.25, 0.3) is 0 Å². The summed E-state index contributed by atoms with van der Waals surface area (Å²) in [5.41, 5.74) is 0.278. The summed E-state index contributed by atoms with van der Waals surface area (Å²) in [4.78, 5) is 24.1. The van der Waals surface area contributed by atoms with Crippen LogP contribution in [0.3, 0.4) is 0 Å². The number of hydrogen-bond acceptors (Lipinski definition) is 6. The van der Waals surface area contributed by atoms with Crippen molar-refractivity contribution in [3.05, 3.63) is 46.3 Å². The van der Waals surface area contributed by atoms with E-state index in [0.29, 0.717) is 34.7 Å². The minimum absolute atomic E-state index is 0.0142. The van der Waals surface area contributed by atoms with Gasteiger partial charge in [-0.2, -0.15) is 5.26 Å². The molecule has 0 aliphatic carbocycles. The van der Waals surface area contributed by atoms with Crippen molar-refractivity contribution in [1.29, 1.82) is 5.26 Å². The summed E-state index contributed by atoms with van der Waals surface area (Å²) in [7, 11) is 1.72. The molecular weight excluding hydrogens is 377 g/mol. The van der Waals surface area contributed by atoms with Crippen molar-refractivity contribution < 1.29 is 9.53 Å². The molecule has 1 aliphatic heterocycles. The zero-order valence-electron chi connectivity index (χ0n) is 13.9. The Morgan fingerprint density at radius 2 is 2.12 bits per heavy atom. The third-order valence-electron chi connectivity index (χ3n) is 4.13. The number of ether oxygens (including phenoxy) is 1. The molecule has 1 amide bonds. The van der Waals surface area contributed by atoms with E-state index in [-0.39, 0.29) is 24.2 Å². The molecule has 0 saturated carbocycles. The molecule has 0 spiro atoms. The average Bonchev–Trinajstić information content (AvgIpc) is 2.59. The molecule has 9 heteroatoms. The zero-order chi connectivity index (χ0) is 18.7. The predicted octanol–water partition coefficient (Wildman–Crippen LogP) is 2.38. The molecule has 3 rings (SSSR count). The molecule has 1 aromatic heterocycles. The molecule has 2 aromatic rings.